The summed E-state index contributed by atoms with van der Waals surface area (Å²) in [7, 11) is 0. The molecule has 1 aliphatic carbocycles. The van der Waals surface area contributed by atoms with Crippen molar-refractivity contribution in [3.05, 3.63) is 11.6 Å². The maximum absolute atomic E-state index is 12.3. The van der Waals surface area contributed by atoms with Crippen molar-refractivity contribution >= 4 is 11.9 Å². The molecule has 24 heavy (non-hydrogen) atoms. The highest BCUT2D eigenvalue weighted by molar-refractivity contribution is 5.78. The van der Waals surface area contributed by atoms with Crippen LogP contribution < -0.4 is 5.32 Å². The number of hydrogen-bond donors (Lipinski definition) is 1. The van der Waals surface area contributed by atoms with Crippen molar-refractivity contribution in [3.63, 3.8) is 0 Å². The van der Waals surface area contributed by atoms with Gasteiger partial charge in [-0.2, -0.15) is 0 Å². The maximum atomic E-state index is 12.3. The molecule has 1 N–H and O–H groups in total. The molecule has 2 fully saturated rings. The summed E-state index contributed by atoms with van der Waals surface area (Å²) >= 11 is 0. The zero-order chi connectivity index (χ0) is 16.9. The molecule has 2 aliphatic heterocycles. The van der Waals surface area contributed by atoms with Gasteiger partial charge in [0.2, 0.25) is 5.91 Å². The molecule has 0 aromatic heterocycles. The molecule has 5 nitrogen and oxygen atoms in total. The van der Waals surface area contributed by atoms with E-state index in [1.807, 2.05) is 9.80 Å². The minimum atomic E-state index is -0.0139. The van der Waals surface area contributed by atoms with Gasteiger partial charge in [-0.25, -0.2) is 4.79 Å². The predicted molar refractivity (Wildman–Crippen MR) is 94.6 cm³/mol. The van der Waals surface area contributed by atoms with E-state index in [0.29, 0.717) is 18.9 Å². The molecule has 2 heterocycles. The molecule has 0 bridgehead atoms. The molecule has 0 radical (unpaired) electrons. The number of rotatable bonds is 3. The van der Waals surface area contributed by atoms with E-state index in [1.54, 1.807) is 0 Å². The Balaban J connectivity index is 1.38. The largest absolute Gasteiger partial charge is 0.343 e. The first-order valence-electron chi connectivity index (χ1n) is 9.63. The highest BCUT2D eigenvalue weighted by Crippen LogP contribution is 2.31. The van der Waals surface area contributed by atoms with Gasteiger partial charge in [0.25, 0.3) is 0 Å². The summed E-state index contributed by atoms with van der Waals surface area (Å²) in [5, 5.41) is 2.94. The maximum Gasteiger partial charge on any atom is 0.317 e. The van der Waals surface area contributed by atoms with Crippen LogP contribution in [0.4, 0.5) is 4.79 Å². The highest BCUT2D eigenvalue weighted by Gasteiger charge is 2.28. The molecule has 0 aromatic rings. The fourth-order valence-corrected chi connectivity index (χ4v) is 4.12. The Kier molecular flexibility index (Phi) is 5.80. The van der Waals surface area contributed by atoms with Gasteiger partial charge in [0, 0.05) is 39.1 Å². The monoisotopic (exact) mass is 333 g/mol. The second kappa shape index (κ2) is 8.04. The SMILES string of the molecule is CC1CCN(C(=O)CCNC(=O)N2CCC3CCCC=C3C2)CC1. The number of nitrogens with one attached hydrogen (secondary N) is 1. The first-order valence-corrected chi connectivity index (χ1v) is 9.63. The van der Waals surface area contributed by atoms with Gasteiger partial charge < -0.3 is 15.1 Å². The number of fused-ring (bicyclic) bond motifs is 1. The van der Waals surface area contributed by atoms with Crippen LogP contribution in [-0.4, -0.2) is 54.5 Å². The van der Waals surface area contributed by atoms with Crippen LogP contribution in [0.15, 0.2) is 11.6 Å². The van der Waals surface area contributed by atoms with Crippen LogP contribution in [0.5, 0.6) is 0 Å². The third-order valence-electron chi connectivity index (χ3n) is 5.85. The standard InChI is InChI=1S/C19H31N3O2/c1-15-7-11-21(12-8-15)18(23)6-10-20-19(24)22-13-9-16-4-2-3-5-17(16)14-22/h5,15-16H,2-4,6-14H2,1H3,(H,20,24). The van der Waals surface area contributed by atoms with Crippen molar-refractivity contribution in [2.24, 2.45) is 11.8 Å². The van der Waals surface area contributed by atoms with Crippen LogP contribution in [0.1, 0.15) is 51.9 Å². The van der Waals surface area contributed by atoms with E-state index < -0.39 is 0 Å². The molecule has 0 spiro atoms. The number of urea groups is 1. The van der Waals surface area contributed by atoms with Gasteiger partial charge in [-0.15, -0.1) is 0 Å². The van der Waals surface area contributed by atoms with Gasteiger partial charge in [-0.1, -0.05) is 18.6 Å². The lowest BCUT2D eigenvalue weighted by Gasteiger charge is -2.36. The molecular formula is C19H31N3O2. The third-order valence-corrected chi connectivity index (χ3v) is 5.85. The number of piperidine rings is 2. The first kappa shape index (κ1) is 17.3. The number of allylic oxidation sites excluding steroid dienone is 1. The molecule has 5 heteroatoms. The normalized spacial score (nSPS) is 25.0. The summed E-state index contributed by atoms with van der Waals surface area (Å²) in [6, 6.07) is -0.0139. The Bertz CT molecular complexity index is 495. The summed E-state index contributed by atoms with van der Waals surface area (Å²) < 4.78 is 0. The predicted octanol–water partition coefficient (Wildman–Crippen LogP) is 2.78. The Morgan fingerprint density at radius 3 is 2.67 bits per heavy atom. The fraction of sp³-hybridized carbons (Fsp3) is 0.789. The van der Waals surface area contributed by atoms with E-state index in [0.717, 1.165) is 57.8 Å². The Morgan fingerprint density at radius 1 is 1.12 bits per heavy atom. The van der Waals surface area contributed by atoms with Gasteiger partial charge in [0.15, 0.2) is 0 Å². The van der Waals surface area contributed by atoms with Gasteiger partial charge in [-0.3, -0.25) is 4.79 Å². The van der Waals surface area contributed by atoms with E-state index in [-0.39, 0.29) is 11.9 Å². The second-order valence-electron chi connectivity index (χ2n) is 7.66. The quantitative estimate of drug-likeness (QED) is 0.808. The van der Waals surface area contributed by atoms with Crippen molar-refractivity contribution in [2.45, 2.75) is 51.9 Å². The Morgan fingerprint density at radius 2 is 1.88 bits per heavy atom. The third kappa shape index (κ3) is 4.31. The number of nitrogens with zero attached hydrogens (tertiary/aromatic N) is 2. The van der Waals surface area contributed by atoms with Gasteiger partial charge in [0.1, 0.15) is 0 Å². The van der Waals surface area contributed by atoms with Crippen molar-refractivity contribution in [3.8, 4) is 0 Å². The summed E-state index contributed by atoms with van der Waals surface area (Å²) in [5.41, 5.74) is 1.45. The van der Waals surface area contributed by atoms with Crippen LogP contribution in [-0.2, 0) is 4.79 Å². The number of amides is 3. The van der Waals surface area contributed by atoms with Crippen molar-refractivity contribution in [1.29, 1.82) is 0 Å². The molecule has 1 unspecified atom stereocenters. The van der Waals surface area contributed by atoms with E-state index in [4.69, 9.17) is 0 Å². The molecule has 134 valence electrons. The van der Waals surface area contributed by atoms with Crippen LogP contribution in [0.3, 0.4) is 0 Å². The van der Waals surface area contributed by atoms with E-state index in [9.17, 15) is 9.59 Å². The van der Waals surface area contributed by atoms with Crippen LogP contribution in [0.2, 0.25) is 0 Å². The molecule has 3 amide bonds. The van der Waals surface area contributed by atoms with E-state index >= 15 is 0 Å². The molecule has 3 rings (SSSR count). The molecular weight excluding hydrogens is 302 g/mol. The topological polar surface area (TPSA) is 52.7 Å². The molecule has 2 saturated heterocycles. The van der Waals surface area contributed by atoms with Gasteiger partial charge in [0.05, 0.1) is 0 Å². The molecule has 0 saturated carbocycles. The second-order valence-corrected chi connectivity index (χ2v) is 7.66. The Hall–Kier alpha value is -1.52. The summed E-state index contributed by atoms with van der Waals surface area (Å²) in [6.45, 7) is 6.04. The van der Waals surface area contributed by atoms with Crippen molar-refractivity contribution in [1.82, 2.24) is 15.1 Å². The lowest BCUT2D eigenvalue weighted by atomic mass is 9.82. The minimum absolute atomic E-state index is 0.0139. The zero-order valence-electron chi connectivity index (χ0n) is 14.9. The molecule has 1 atom stereocenters. The minimum Gasteiger partial charge on any atom is -0.343 e. The summed E-state index contributed by atoms with van der Waals surface area (Å²) in [4.78, 5) is 28.4. The molecule has 3 aliphatic rings. The number of hydrogen-bond acceptors (Lipinski definition) is 2. The lowest BCUT2D eigenvalue weighted by Crippen LogP contribution is -2.46. The van der Waals surface area contributed by atoms with Crippen LogP contribution >= 0.6 is 0 Å². The average molecular weight is 333 g/mol. The number of likely N-dealkylation sites (tertiary alicyclic amines) is 2. The summed E-state index contributed by atoms with van der Waals surface area (Å²) in [6.07, 6.45) is 9.76. The highest BCUT2D eigenvalue weighted by atomic mass is 16.2. The number of carbonyl (C=O) groups is 2. The lowest BCUT2D eigenvalue weighted by molar-refractivity contribution is -0.132. The van der Waals surface area contributed by atoms with Gasteiger partial charge in [-0.05, 0) is 50.4 Å². The van der Waals surface area contributed by atoms with Crippen molar-refractivity contribution < 1.29 is 9.59 Å². The van der Waals surface area contributed by atoms with E-state index in [1.165, 1.54) is 18.4 Å². The van der Waals surface area contributed by atoms with Crippen molar-refractivity contribution in [2.75, 3.05) is 32.7 Å². The molecule has 0 aromatic carbocycles. The van der Waals surface area contributed by atoms with Crippen LogP contribution in [0, 0.1) is 11.8 Å². The summed E-state index contributed by atoms with van der Waals surface area (Å²) in [5.74, 6) is 1.60. The smallest absolute Gasteiger partial charge is 0.317 e. The number of carbonyl (C=O) groups excluding carboxylic acids is 2. The van der Waals surface area contributed by atoms with Gasteiger partial charge >= 0.3 is 6.03 Å². The average Bonchev–Trinajstić information content (AvgIpc) is 2.61. The van der Waals surface area contributed by atoms with Crippen LogP contribution in [0.25, 0.3) is 0 Å². The van der Waals surface area contributed by atoms with E-state index in [2.05, 4.69) is 18.3 Å². The Labute approximate surface area is 145 Å². The zero-order valence-corrected chi connectivity index (χ0v) is 14.9. The fourth-order valence-electron chi connectivity index (χ4n) is 4.12. The first-order chi connectivity index (χ1) is 11.6.